The lowest BCUT2D eigenvalue weighted by atomic mass is 10.1. The summed E-state index contributed by atoms with van der Waals surface area (Å²) in [6, 6.07) is 1.99. The highest BCUT2D eigenvalue weighted by molar-refractivity contribution is 5.54. The third kappa shape index (κ3) is 2.56. The fourth-order valence-corrected chi connectivity index (χ4v) is 1.68. The van der Waals surface area contributed by atoms with Crippen molar-refractivity contribution in [2.45, 2.75) is 27.3 Å². The van der Waals surface area contributed by atoms with E-state index in [2.05, 4.69) is 27.2 Å². The summed E-state index contributed by atoms with van der Waals surface area (Å²) in [5.41, 5.74) is 9.04. The lowest BCUT2D eigenvalue weighted by Crippen LogP contribution is -2.09. The second kappa shape index (κ2) is 5.00. The minimum Gasteiger partial charge on any atom is -0.383 e. The van der Waals surface area contributed by atoms with Gasteiger partial charge in [-0.2, -0.15) is 0 Å². The van der Waals surface area contributed by atoms with Crippen molar-refractivity contribution in [2.75, 3.05) is 11.1 Å². The van der Waals surface area contributed by atoms with Crippen LogP contribution in [0, 0.1) is 20.8 Å². The van der Waals surface area contributed by atoms with Gasteiger partial charge in [-0.1, -0.05) is 0 Å². The molecule has 0 amide bonds. The van der Waals surface area contributed by atoms with Crippen LogP contribution in [0.3, 0.4) is 0 Å². The van der Waals surface area contributed by atoms with E-state index in [0.717, 1.165) is 16.9 Å². The third-order valence-electron chi connectivity index (χ3n) is 2.89. The zero-order valence-corrected chi connectivity index (χ0v) is 10.9. The number of pyridine rings is 1. The number of nitrogens with one attached hydrogen (secondary N) is 1. The van der Waals surface area contributed by atoms with Crippen LogP contribution >= 0.6 is 0 Å². The van der Waals surface area contributed by atoms with Crippen LogP contribution in [0.2, 0.25) is 0 Å². The largest absolute Gasteiger partial charge is 0.383 e. The minimum absolute atomic E-state index is 0.521. The van der Waals surface area contributed by atoms with Gasteiger partial charge in [-0.3, -0.25) is 4.98 Å². The Bertz CT molecular complexity index is 565. The molecule has 5 heteroatoms. The molecule has 2 rings (SSSR count). The van der Waals surface area contributed by atoms with Gasteiger partial charge in [0.05, 0.1) is 0 Å². The smallest absolute Gasteiger partial charge is 0.135 e. The number of rotatable bonds is 3. The van der Waals surface area contributed by atoms with Crippen LogP contribution in [0.4, 0.5) is 11.6 Å². The molecule has 0 radical (unpaired) electrons. The van der Waals surface area contributed by atoms with Crippen molar-refractivity contribution < 1.29 is 0 Å². The minimum atomic E-state index is 0.521. The number of hydrogen-bond acceptors (Lipinski definition) is 5. The van der Waals surface area contributed by atoms with Gasteiger partial charge in [0, 0.05) is 24.5 Å². The van der Waals surface area contributed by atoms with Crippen LogP contribution in [0.1, 0.15) is 22.5 Å². The predicted molar refractivity (Wildman–Crippen MR) is 72.2 cm³/mol. The SMILES string of the molecule is Cc1nc(N)c(C)c(NCc2cnccc2C)n1. The van der Waals surface area contributed by atoms with Crippen LogP contribution in [0.25, 0.3) is 0 Å². The number of aromatic nitrogens is 3. The van der Waals surface area contributed by atoms with Crippen molar-refractivity contribution >= 4 is 11.6 Å². The van der Waals surface area contributed by atoms with E-state index in [0.29, 0.717) is 18.2 Å². The maximum Gasteiger partial charge on any atom is 0.135 e. The summed E-state index contributed by atoms with van der Waals surface area (Å²) in [5.74, 6) is 1.97. The van der Waals surface area contributed by atoms with E-state index in [1.807, 2.05) is 26.1 Å². The van der Waals surface area contributed by atoms with Crippen molar-refractivity contribution in [1.29, 1.82) is 0 Å². The van der Waals surface area contributed by atoms with Crippen molar-refractivity contribution in [3.63, 3.8) is 0 Å². The Morgan fingerprint density at radius 1 is 1.22 bits per heavy atom. The average molecular weight is 243 g/mol. The van der Waals surface area contributed by atoms with Crippen LogP contribution in [-0.4, -0.2) is 15.0 Å². The number of nitrogen functional groups attached to an aromatic ring is 1. The molecule has 0 saturated carbocycles. The van der Waals surface area contributed by atoms with Crippen molar-refractivity contribution in [3.05, 3.63) is 41.0 Å². The first-order valence-electron chi connectivity index (χ1n) is 5.82. The Balaban J connectivity index is 2.18. The molecule has 0 atom stereocenters. The Morgan fingerprint density at radius 2 is 2.00 bits per heavy atom. The molecule has 2 heterocycles. The van der Waals surface area contributed by atoms with E-state index in [9.17, 15) is 0 Å². The Labute approximate surface area is 106 Å². The van der Waals surface area contributed by atoms with E-state index < -0.39 is 0 Å². The van der Waals surface area contributed by atoms with Gasteiger partial charge in [0.15, 0.2) is 0 Å². The molecule has 0 aliphatic heterocycles. The molecule has 0 spiro atoms. The zero-order valence-electron chi connectivity index (χ0n) is 10.9. The molecule has 0 bridgehead atoms. The van der Waals surface area contributed by atoms with E-state index in [-0.39, 0.29) is 0 Å². The fourth-order valence-electron chi connectivity index (χ4n) is 1.68. The predicted octanol–water partition coefficient (Wildman–Crippen LogP) is 1.99. The van der Waals surface area contributed by atoms with Gasteiger partial charge in [0.1, 0.15) is 17.5 Å². The standard InChI is InChI=1S/C13H17N5/c1-8-4-5-15-6-11(8)7-16-13-9(2)12(14)17-10(3)18-13/h4-6H,7H2,1-3H3,(H3,14,16,17,18). The summed E-state index contributed by atoms with van der Waals surface area (Å²) in [6.45, 7) is 6.48. The second-order valence-corrected chi connectivity index (χ2v) is 4.29. The molecule has 2 aromatic rings. The summed E-state index contributed by atoms with van der Waals surface area (Å²) < 4.78 is 0. The second-order valence-electron chi connectivity index (χ2n) is 4.29. The van der Waals surface area contributed by atoms with Crippen LogP contribution in [-0.2, 0) is 6.54 Å². The molecular formula is C13H17N5. The number of hydrogen-bond donors (Lipinski definition) is 2. The summed E-state index contributed by atoms with van der Waals surface area (Å²) in [4.78, 5) is 12.6. The van der Waals surface area contributed by atoms with Gasteiger partial charge >= 0.3 is 0 Å². The highest BCUT2D eigenvalue weighted by Gasteiger charge is 2.06. The summed E-state index contributed by atoms with van der Waals surface area (Å²) >= 11 is 0. The molecule has 5 nitrogen and oxygen atoms in total. The number of nitrogens with two attached hydrogens (primary N) is 1. The summed E-state index contributed by atoms with van der Waals surface area (Å²) in [5, 5.41) is 3.28. The van der Waals surface area contributed by atoms with Crippen molar-refractivity contribution in [3.8, 4) is 0 Å². The molecule has 2 aromatic heterocycles. The van der Waals surface area contributed by atoms with E-state index in [1.54, 1.807) is 6.20 Å². The topological polar surface area (TPSA) is 76.7 Å². The molecule has 0 aliphatic carbocycles. The Morgan fingerprint density at radius 3 is 2.72 bits per heavy atom. The third-order valence-corrected chi connectivity index (χ3v) is 2.89. The van der Waals surface area contributed by atoms with Gasteiger partial charge in [0.25, 0.3) is 0 Å². The number of aryl methyl sites for hydroxylation is 2. The highest BCUT2D eigenvalue weighted by atomic mass is 15.1. The van der Waals surface area contributed by atoms with Gasteiger partial charge in [-0.05, 0) is 38.0 Å². The molecule has 0 aliphatic rings. The molecule has 3 N–H and O–H groups in total. The maximum absolute atomic E-state index is 5.82. The Hall–Kier alpha value is -2.17. The first kappa shape index (κ1) is 12.3. The highest BCUT2D eigenvalue weighted by Crippen LogP contribution is 2.18. The summed E-state index contributed by atoms with van der Waals surface area (Å²) in [7, 11) is 0. The molecule has 0 aromatic carbocycles. The molecule has 0 saturated heterocycles. The van der Waals surface area contributed by atoms with Crippen molar-refractivity contribution in [2.24, 2.45) is 0 Å². The lowest BCUT2D eigenvalue weighted by Gasteiger charge is -2.11. The summed E-state index contributed by atoms with van der Waals surface area (Å²) in [6.07, 6.45) is 3.64. The van der Waals surface area contributed by atoms with Gasteiger partial charge in [-0.15, -0.1) is 0 Å². The molecule has 0 fully saturated rings. The van der Waals surface area contributed by atoms with E-state index in [1.165, 1.54) is 5.56 Å². The quantitative estimate of drug-likeness (QED) is 0.862. The average Bonchev–Trinajstić information content (AvgIpc) is 2.33. The van der Waals surface area contributed by atoms with E-state index in [4.69, 9.17) is 5.73 Å². The fraction of sp³-hybridized carbons (Fsp3) is 0.308. The van der Waals surface area contributed by atoms with Gasteiger partial charge in [-0.25, -0.2) is 9.97 Å². The normalized spacial score (nSPS) is 10.4. The van der Waals surface area contributed by atoms with Gasteiger partial charge in [0.2, 0.25) is 0 Å². The molecule has 0 unspecified atom stereocenters. The van der Waals surface area contributed by atoms with Crippen LogP contribution in [0.15, 0.2) is 18.5 Å². The Kier molecular flexibility index (Phi) is 3.41. The van der Waals surface area contributed by atoms with Crippen molar-refractivity contribution in [1.82, 2.24) is 15.0 Å². The first-order valence-corrected chi connectivity index (χ1v) is 5.82. The molecule has 94 valence electrons. The number of nitrogens with zero attached hydrogens (tertiary/aromatic N) is 3. The lowest BCUT2D eigenvalue weighted by molar-refractivity contribution is 1.000. The van der Waals surface area contributed by atoms with E-state index >= 15 is 0 Å². The van der Waals surface area contributed by atoms with Crippen LogP contribution in [0.5, 0.6) is 0 Å². The van der Waals surface area contributed by atoms with Gasteiger partial charge < -0.3 is 11.1 Å². The first-order chi connectivity index (χ1) is 8.58. The number of anilines is 2. The molecule has 18 heavy (non-hydrogen) atoms. The van der Waals surface area contributed by atoms with Crippen LogP contribution < -0.4 is 11.1 Å². The maximum atomic E-state index is 5.82. The molecular weight excluding hydrogens is 226 g/mol. The zero-order chi connectivity index (χ0) is 13.1. The monoisotopic (exact) mass is 243 g/mol.